The molecular formula is C14H19FN4O2. The fraction of sp³-hybridized carbons (Fsp3) is 0.643. The van der Waals surface area contributed by atoms with Crippen LogP contribution in [-0.4, -0.2) is 47.2 Å². The van der Waals surface area contributed by atoms with Crippen LogP contribution in [0.25, 0.3) is 0 Å². The van der Waals surface area contributed by atoms with Crippen molar-refractivity contribution in [1.29, 1.82) is 0 Å². The molecule has 1 aromatic heterocycles. The minimum Gasteiger partial charge on any atom is -0.370 e. The smallest absolute Gasteiger partial charge is 0.226 e. The van der Waals surface area contributed by atoms with E-state index in [4.69, 9.17) is 4.74 Å². The molecule has 3 rings (SSSR count). The fourth-order valence-corrected chi connectivity index (χ4v) is 2.96. The molecule has 0 aromatic carbocycles. The Hall–Kier alpha value is -1.76. The Balaban J connectivity index is 1.69. The van der Waals surface area contributed by atoms with Gasteiger partial charge in [-0.3, -0.25) is 4.79 Å². The summed E-state index contributed by atoms with van der Waals surface area (Å²) in [7, 11) is 0. The van der Waals surface area contributed by atoms with Gasteiger partial charge in [-0.1, -0.05) is 0 Å². The van der Waals surface area contributed by atoms with Crippen LogP contribution in [0.4, 0.5) is 10.3 Å². The number of hydrogen-bond acceptors (Lipinski definition) is 5. The zero-order valence-electron chi connectivity index (χ0n) is 12.1. The zero-order chi connectivity index (χ0) is 15.0. The van der Waals surface area contributed by atoms with Crippen LogP contribution < -0.4 is 10.2 Å². The first-order valence-corrected chi connectivity index (χ1v) is 7.21. The van der Waals surface area contributed by atoms with Gasteiger partial charge in [-0.05, 0) is 20.3 Å². The van der Waals surface area contributed by atoms with Crippen molar-refractivity contribution in [3.63, 3.8) is 0 Å². The monoisotopic (exact) mass is 294 g/mol. The lowest BCUT2D eigenvalue weighted by Gasteiger charge is -2.32. The maximum Gasteiger partial charge on any atom is 0.226 e. The van der Waals surface area contributed by atoms with Gasteiger partial charge in [-0.15, -0.1) is 0 Å². The molecule has 0 saturated carbocycles. The molecule has 1 aromatic rings. The maximum atomic E-state index is 12.9. The number of morpholine rings is 1. The van der Waals surface area contributed by atoms with E-state index in [0.717, 1.165) is 12.4 Å². The number of ether oxygens (including phenoxy) is 1. The molecular weight excluding hydrogens is 275 g/mol. The molecule has 0 spiro atoms. The highest BCUT2D eigenvalue weighted by atomic mass is 19.1. The second-order valence-electron chi connectivity index (χ2n) is 5.91. The van der Waals surface area contributed by atoms with Crippen molar-refractivity contribution in [2.75, 3.05) is 18.0 Å². The van der Waals surface area contributed by atoms with Gasteiger partial charge in [0.15, 0.2) is 5.82 Å². The van der Waals surface area contributed by atoms with E-state index < -0.39 is 5.82 Å². The molecule has 2 fully saturated rings. The Morgan fingerprint density at radius 3 is 2.81 bits per heavy atom. The number of carbonyl (C=O) groups excluding carboxylic acids is 1. The van der Waals surface area contributed by atoms with Gasteiger partial charge in [0.2, 0.25) is 11.9 Å². The third-order valence-corrected chi connectivity index (χ3v) is 3.81. The second-order valence-corrected chi connectivity index (χ2v) is 5.91. The first-order chi connectivity index (χ1) is 10.0. The summed E-state index contributed by atoms with van der Waals surface area (Å²) < 4.78 is 18.7. The highest BCUT2D eigenvalue weighted by Crippen LogP contribution is 2.33. The number of nitrogens with zero attached hydrogens (tertiary/aromatic N) is 3. The lowest BCUT2D eigenvalue weighted by atomic mass is 9.99. The number of carbonyl (C=O) groups is 1. The van der Waals surface area contributed by atoms with E-state index in [0.29, 0.717) is 25.5 Å². The topological polar surface area (TPSA) is 67.4 Å². The molecule has 0 radical (unpaired) electrons. The molecule has 2 saturated heterocycles. The van der Waals surface area contributed by atoms with E-state index in [9.17, 15) is 9.18 Å². The quantitative estimate of drug-likeness (QED) is 0.890. The number of hydrogen-bond donors (Lipinski definition) is 1. The summed E-state index contributed by atoms with van der Waals surface area (Å²) in [5, 5.41) is 2.94. The third kappa shape index (κ3) is 2.97. The largest absolute Gasteiger partial charge is 0.370 e. The van der Waals surface area contributed by atoms with E-state index in [1.165, 1.54) is 0 Å². The Morgan fingerprint density at radius 2 is 2.14 bits per heavy atom. The lowest BCUT2D eigenvalue weighted by molar-refractivity contribution is -0.127. The van der Waals surface area contributed by atoms with Crippen LogP contribution in [0.15, 0.2) is 12.4 Å². The van der Waals surface area contributed by atoms with Crippen LogP contribution in [0.3, 0.4) is 0 Å². The Bertz CT molecular complexity index is 522. The maximum absolute atomic E-state index is 12.9. The summed E-state index contributed by atoms with van der Waals surface area (Å²) >= 11 is 0. The van der Waals surface area contributed by atoms with E-state index in [1.54, 1.807) is 0 Å². The minimum atomic E-state index is -0.454. The normalized spacial score (nSPS) is 28.0. The molecule has 21 heavy (non-hydrogen) atoms. The molecule has 2 aliphatic rings. The standard InChI is InChI=1S/C14H19FN4O2/c1-8(2)18-13(20)11-3-10-6-19(7-12(11)21-10)14-16-4-9(15)5-17-14/h4-5,8,10-12H,3,6-7H2,1-2H3,(H,18,20)/t10-,11-,12+/m0/s1. The van der Waals surface area contributed by atoms with Crippen molar-refractivity contribution >= 4 is 11.9 Å². The Labute approximate surface area is 122 Å². The fourth-order valence-electron chi connectivity index (χ4n) is 2.96. The molecule has 0 unspecified atom stereocenters. The van der Waals surface area contributed by atoms with Crippen molar-refractivity contribution in [2.45, 2.75) is 38.5 Å². The molecule has 2 bridgehead atoms. The molecule has 0 aliphatic carbocycles. The zero-order valence-corrected chi connectivity index (χ0v) is 12.1. The number of fused-ring (bicyclic) bond motifs is 2. The van der Waals surface area contributed by atoms with Crippen LogP contribution in [0.5, 0.6) is 0 Å². The average molecular weight is 294 g/mol. The number of anilines is 1. The van der Waals surface area contributed by atoms with E-state index >= 15 is 0 Å². The number of aromatic nitrogens is 2. The molecule has 7 heteroatoms. The molecule has 1 amide bonds. The van der Waals surface area contributed by atoms with Gasteiger partial charge in [0.25, 0.3) is 0 Å². The lowest BCUT2D eigenvalue weighted by Crippen LogP contribution is -2.46. The molecule has 6 nitrogen and oxygen atoms in total. The molecule has 1 N–H and O–H groups in total. The molecule has 114 valence electrons. The molecule has 2 aliphatic heterocycles. The molecule has 3 atom stereocenters. The average Bonchev–Trinajstić information content (AvgIpc) is 2.73. The number of amides is 1. The van der Waals surface area contributed by atoms with Crippen LogP contribution in [0.1, 0.15) is 20.3 Å². The highest BCUT2D eigenvalue weighted by Gasteiger charge is 2.45. The van der Waals surface area contributed by atoms with E-state index in [-0.39, 0.29) is 30.1 Å². The van der Waals surface area contributed by atoms with Gasteiger partial charge in [0, 0.05) is 19.1 Å². The summed E-state index contributed by atoms with van der Waals surface area (Å²) in [6.45, 7) is 5.07. The summed E-state index contributed by atoms with van der Waals surface area (Å²) in [5.74, 6) is -0.0639. The van der Waals surface area contributed by atoms with Crippen molar-refractivity contribution in [3.8, 4) is 0 Å². The van der Waals surface area contributed by atoms with Crippen molar-refractivity contribution < 1.29 is 13.9 Å². The van der Waals surface area contributed by atoms with Gasteiger partial charge >= 0.3 is 0 Å². The van der Waals surface area contributed by atoms with Crippen LogP contribution in [0.2, 0.25) is 0 Å². The van der Waals surface area contributed by atoms with Gasteiger partial charge in [0.05, 0.1) is 30.5 Å². The van der Waals surface area contributed by atoms with Crippen molar-refractivity contribution in [3.05, 3.63) is 18.2 Å². The van der Waals surface area contributed by atoms with E-state index in [2.05, 4.69) is 15.3 Å². The SMILES string of the molecule is CC(C)NC(=O)[C@H]1C[C@H]2CN(c3ncc(F)cn3)C[C@H]1O2. The van der Waals surface area contributed by atoms with Crippen LogP contribution >= 0.6 is 0 Å². The van der Waals surface area contributed by atoms with E-state index in [1.807, 2.05) is 18.7 Å². The van der Waals surface area contributed by atoms with Gasteiger partial charge in [0.1, 0.15) is 0 Å². The predicted molar refractivity (Wildman–Crippen MR) is 74.2 cm³/mol. The van der Waals surface area contributed by atoms with Gasteiger partial charge in [-0.25, -0.2) is 14.4 Å². The Kier molecular flexibility index (Phi) is 3.75. The number of halogens is 1. The Morgan fingerprint density at radius 1 is 1.43 bits per heavy atom. The minimum absolute atomic E-state index is 0.000292. The number of nitrogens with one attached hydrogen (secondary N) is 1. The van der Waals surface area contributed by atoms with Crippen molar-refractivity contribution in [2.24, 2.45) is 5.92 Å². The predicted octanol–water partition coefficient (Wildman–Crippen LogP) is 0.734. The number of rotatable bonds is 3. The second kappa shape index (κ2) is 5.55. The summed E-state index contributed by atoms with van der Waals surface area (Å²) in [6.07, 6.45) is 2.86. The van der Waals surface area contributed by atoms with Crippen LogP contribution in [-0.2, 0) is 9.53 Å². The van der Waals surface area contributed by atoms with Crippen LogP contribution in [0, 0.1) is 11.7 Å². The van der Waals surface area contributed by atoms with Crippen molar-refractivity contribution in [1.82, 2.24) is 15.3 Å². The highest BCUT2D eigenvalue weighted by molar-refractivity contribution is 5.80. The first kappa shape index (κ1) is 14.2. The molecule has 3 heterocycles. The summed E-state index contributed by atoms with van der Waals surface area (Å²) in [4.78, 5) is 22.2. The first-order valence-electron chi connectivity index (χ1n) is 7.21. The third-order valence-electron chi connectivity index (χ3n) is 3.81. The summed E-state index contributed by atoms with van der Waals surface area (Å²) in [5.41, 5.74) is 0. The summed E-state index contributed by atoms with van der Waals surface area (Å²) in [6, 6.07) is 0.120. The van der Waals surface area contributed by atoms with Gasteiger partial charge in [-0.2, -0.15) is 0 Å². The van der Waals surface area contributed by atoms with Gasteiger partial charge < -0.3 is 15.0 Å².